The molecule has 1 aromatic carbocycles. The predicted molar refractivity (Wildman–Crippen MR) is 127 cm³/mol. The summed E-state index contributed by atoms with van der Waals surface area (Å²) in [7, 11) is 0. The summed E-state index contributed by atoms with van der Waals surface area (Å²) in [5.74, 6) is 0. The molecule has 0 spiro atoms. The molecule has 29 heavy (non-hydrogen) atoms. The zero-order valence-corrected chi connectivity index (χ0v) is 19.4. The molecule has 1 unspecified atom stereocenters. The van der Waals surface area contributed by atoms with E-state index in [-0.39, 0.29) is 30.8 Å². The monoisotopic (exact) mass is 444 g/mol. The molecule has 0 aromatic heterocycles. The molecule has 0 bridgehead atoms. The van der Waals surface area contributed by atoms with Crippen molar-refractivity contribution in [1.82, 2.24) is 15.1 Å². The van der Waals surface area contributed by atoms with Gasteiger partial charge in [-0.2, -0.15) is 0 Å². The third-order valence-corrected chi connectivity index (χ3v) is 5.97. The number of para-hydroxylation sites is 1. The smallest absolute Gasteiger partial charge is 0.317 e. The molecule has 0 saturated carbocycles. The lowest BCUT2D eigenvalue weighted by Crippen LogP contribution is -2.51. The van der Waals surface area contributed by atoms with Gasteiger partial charge in [-0.15, -0.1) is 24.8 Å². The zero-order chi connectivity index (χ0) is 18.9. The summed E-state index contributed by atoms with van der Waals surface area (Å²) in [6.07, 6.45) is 6.85. The molecule has 2 amide bonds. The van der Waals surface area contributed by atoms with Gasteiger partial charge in [0, 0.05) is 57.5 Å². The van der Waals surface area contributed by atoms with Crippen molar-refractivity contribution < 1.29 is 4.79 Å². The molecule has 2 aliphatic heterocycles. The largest absolute Gasteiger partial charge is 0.369 e. The lowest BCUT2D eigenvalue weighted by atomic mass is 9.99. The first-order valence-electron chi connectivity index (χ1n) is 10.8. The molecule has 2 fully saturated rings. The average Bonchev–Trinajstić information content (AvgIpc) is 2.73. The molecule has 1 N–H and O–H groups in total. The van der Waals surface area contributed by atoms with Crippen LogP contribution in [0.5, 0.6) is 0 Å². The minimum atomic E-state index is 0. The Bertz CT molecular complexity index is 567. The van der Waals surface area contributed by atoms with Crippen molar-refractivity contribution in [2.24, 2.45) is 0 Å². The summed E-state index contributed by atoms with van der Waals surface area (Å²) >= 11 is 0. The number of amides is 2. The van der Waals surface area contributed by atoms with Gasteiger partial charge in [0.1, 0.15) is 0 Å². The molecule has 2 heterocycles. The fourth-order valence-corrected chi connectivity index (χ4v) is 4.24. The number of benzene rings is 1. The summed E-state index contributed by atoms with van der Waals surface area (Å²) in [5.41, 5.74) is 1.33. The van der Waals surface area contributed by atoms with Crippen LogP contribution in [0.1, 0.15) is 45.4 Å². The molecule has 5 nitrogen and oxygen atoms in total. The molecular formula is C22H38Cl2N4O. The van der Waals surface area contributed by atoms with E-state index >= 15 is 0 Å². The van der Waals surface area contributed by atoms with Gasteiger partial charge in [-0.1, -0.05) is 31.5 Å². The van der Waals surface area contributed by atoms with E-state index in [0.717, 1.165) is 77.9 Å². The highest BCUT2D eigenvalue weighted by Gasteiger charge is 2.27. The van der Waals surface area contributed by atoms with Crippen molar-refractivity contribution in [2.45, 2.75) is 51.5 Å². The Morgan fingerprint density at radius 2 is 1.76 bits per heavy atom. The van der Waals surface area contributed by atoms with Crippen LogP contribution >= 0.6 is 24.8 Å². The van der Waals surface area contributed by atoms with Crippen molar-refractivity contribution in [2.75, 3.05) is 50.7 Å². The highest BCUT2D eigenvalue weighted by Crippen LogP contribution is 2.21. The summed E-state index contributed by atoms with van der Waals surface area (Å²) in [6, 6.07) is 11.3. The Hall–Kier alpha value is -1.17. The third kappa shape index (κ3) is 7.88. The maximum absolute atomic E-state index is 12.5. The third-order valence-electron chi connectivity index (χ3n) is 5.97. The van der Waals surface area contributed by atoms with E-state index in [1.54, 1.807) is 0 Å². The van der Waals surface area contributed by atoms with Gasteiger partial charge in [-0.3, -0.25) is 4.90 Å². The second-order valence-corrected chi connectivity index (χ2v) is 7.88. The second kappa shape index (κ2) is 13.9. The quantitative estimate of drug-likeness (QED) is 0.632. The second-order valence-electron chi connectivity index (χ2n) is 7.88. The first kappa shape index (κ1) is 25.9. The molecule has 1 atom stereocenters. The molecule has 0 aliphatic carbocycles. The first-order valence-corrected chi connectivity index (χ1v) is 10.8. The number of nitrogens with zero attached hydrogens (tertiary/aromatic N) is 3. The summed E-state index contributed by atoms with van der Waals surface area (Å²) in [4.78, 5) is 19.7. The molecule has 1 aromatic rings. The SMILES string of the molecule is CCCCNC(=O)N1CCCCC1CCN1CCN(c2ccccc2)CC1.Cl.Cl. The van der Waals surface area contributed by atoms with Crippen molar-refractivity contribution in [1.29, 1.82) is 0 Å². The van der Waals surface area contributed by atoms with E-state index in [9.17, 15) is 4.79 Å². The normalized spacial score (nSPS) is 19.8. The first-order chi connectivity index (χ1) is 13.3. The Labute approximate surface area is 189 Å². The Balaban J connectivity index is 0.00000210. The number of carbonyl (C=O) groups is 1. The topological polar surface area (TPSA) is 38.8 Å². The number of rotatable bonds is 7. The number of hydrogen-bond acceptors (Lipinski definition) is 3. The molecule has 166 valence electrons. The minimum absolute atomic E-state index is 0. The number of piperazine rings is 1. The zero-order valence-electron chi connectivity index (χ0n) is 17.7. The van der Waals surface area contributed by atoms with Crippen LogP contribution in [0.25, 0.3) is 0 Å². The lowest BCUT2D eigenvalue weighted by Gasteiger charge is -2.39. The van der Waals surface area contributed by atoms with Crippen LogP contribution in [0, 0.1) is 0 Å². The van der Waals surface area contributed by atoms with Crippen LogP contribution in [0.2, 0.25) is 0 Å². The van der Waals surface area contributed by atoms with Gasteiger partial charge in [0.25, 0.3) is 0 Å². The number of urea groups is 1. The molecule has 2 aliphatic rings. The van der Waals surface area contributed by atoms with Crippen LogP contribution in [0.15, 0.2) is 30.3 Å². The molecule has 2 saturated heterocycles. The fourth-order valence-electron chi connectivity index (χ4n) is 4.24. The number of unbranched alkanes of at least 4 members (excludes halogenated alkanes) is 1. The summed E-state index contributed by atoms with van der Waals surface area (Å²) in [6.45, 7) is 9.41. The minimum Gasteiger partial charge on any atom is -0.369 e. The number of carbonyl (C=O) groups excluding carboxylic acids is 1. The lowest BCUT2D eigenvalue weighted by molar-refractivity contribution is 0.134. The number of likely N-dealkylation sites (tertiary alicyclic amines) is 1. The number of anilines is 1. The predicted octanol–water partition coefficient (Wildman–Crippen LogP) is 4.41. The van der Waals surface area contributed by atoms with Crippen LogP contribution in [0.3, 0.4) is 0 Å². The van der Waals surface area contributed by atoms with Crippen molar-refractivity contribution in [3.63, 3.8) is 0 Å². The molecular weight excluding hydrogens is 407 g/mol. The fraction of sp³-hybridized carbons (Fsp3) is 0.682. The summed E-state index contributed by atoms with van der Waals surface area (Å²) in [5, 5.41) is 3.11. The van der Waals surface area contributed by atoms with Gasteiger partial charge in [-0.05, 0) is 44.2 Å². The average molecular weight is 445 g/mol. The molecule has 3 rings (SSSR count). The van der Waals surface area contributed by atoms with Crippen molar-refractivity contribution in [3.05, 3.63) is 30.3 Å². The Morgan fingerprint density at radius 3 is 2.45 bits per heavy atom. The van der Waals surface area contributed by atoms with Gasteiger partial charge in [0.2, 0.25) is 0 Å². The molecule has 7 heteroatoms. The van der Waals surface area contributed by atoms with Crippen LogP contribution in [-0.2, 0) is 0 Å². The maximum Gasteiger partial charge on any atom is 0.317 e. The number of hydrogen-bond donors (Lipinski definition) is 1. The van der Waals surface area contributed by atoms with E-state index in [4.69, 9.17) is 0 Å². The highest BCUT2D eigenvalue weighted by molar-refractivity contribution is 5.85. The van der Waals surface area contributed by atoms with Crippen molar-refractivity contribution >= 4 is 36.5 Å². The van der Waals surface area contributed by atoms with E-state index < -0.39 is 0 Å². The van der Waals surface area contributed by atoms with Crippen molar-refractivity contribution in [3.8, 4) is 0 Å². The van der Waals surface area contributed by atoms with Crippen LogP contribution in [0.4, 0.5) is 10.5 Å². The Morgan fingerprint density at radius 1 is 1.03 bits per heavy atom. The van der Waals surface area contributed by atoms with Crippen LogP contribution in [-0.4, -0.2) is 67.7 Å². The highest BCUT2D eigenvalue weighted by atomic mass is 35.5. The van der Waals surface area contributed by atoms with Gasteiger partial charge in [0.05, 0.1) is 0 Å². The van der Waals surface area contributed by atoms with E-state index in [1.165, 1.54) is 12.1 Å². The Kier molecular flexibility index (Phi) is 12.4. The summed E-state index contributed by atoms with van der Waals surface area (Å²) < 4.78 is 0. The van der Waals surface area contributed by atoms with E-state index in [0.29, 0.717) is 6.04 Å². The number of nitrogens with one attached hydrogen (secondary N) is 1. The maximum atomic E-state index is 12.5. The van der Waals surface area contributed by atoms with Gasteiger partial charge in [0.15, 0.2) is 0 Å². The van der Waals surface area contributed by atoms with Gasteiger partial charge < -0.3 is 15.1 Å². The number of piperidine rings is 1. The van der Waals surface area contributed by atoms with E-state index in [1.807, 2.05) is 0 Å². The van der Waals surface area contributed by atoms with Crippen LogP contribution < -0.4 is 10.2 Å². The standard InChI is InChI=1S/C22H36N4O.2ClH/c1-2-3-13-23-22(27)26-14-8-7-11-21(26)12-15-24-16-18-25(19-17-24)20-9-5-4-6-10-20;;/h4-6,9-10,21H,2-3,7-8,11-19H2,1H3,(H,23,27);2*1H. The van der Waals surface area contributed by atoms with E-state index in [2.05, 4.69) is 57.3 Å². The number of halogens is 2. The van der Waals surface area contributed by atoms with Gasteiger partial charge in [-0.25, -0.2) is 4.79 Å². The van der Waals surface area contributed by atoms with Gasteiger partial charge >= 0.3 is 6.03 Å². The molecule has 0 radical (unpaired) electrons.